The number of aliphatic hydroxyl groups is 1. The minimum atomic E-state index is -0.487. The van der Waals surface area contributed by atoms with Crippen molar-refractivity contribution < 1.29 is 23.8 Å². The van der Waals surface area contributed by atoms with E-state index in [0.717, 1.165) is 11.1 Å². The van der Waals surface area contributed by atoms with E-state index in [2.05, 4.69) is 9.97 Å². The Labute approximate surface area is 209 Å². The van der Waals surface area contributed by atoms with Crippen LogP contribution in [0.4, 0.5) is 4.39 Å². The van der Waals surface area contributed by atoms with E-state index in [1.165, 1.54) is 29.2 Å². The molecule has 0 saturated carbocycles. The Balaban J connectivity index is 1.66. The van der Waals surface area contributed by atoms with Crippen LogP contribution in [0.3, 0.4) is 0 Å². The molecule has 8 nitrogen and oxygen atoms in total. The van der Waals surface area contributed by atoms with Crippen molar-refractivity contribution >= 4 is 11.8 Å². The van der Waals surface area contributed by atoms with E-state index in [-0.39, 0.29) is 42.3 Å². The van der Waals surface area contributed by atoms with Crippen molar-refractivity contribution in [2.24, 2.45) is 5.92 Å². The fourth-order valence-corrected chi connectivity index (χ4v) is 4.19. The summed E-state index contributed by atoms with van der Waals surface area (Å²) in [4.78, 5) is 38.1. The van der Waals surface area contributed by atoms with Crippen LogP contribution in [0.2, 0.25) is 0 Å². The second kappa shape index (κ2) is 10.8. The monoisotopic (exact) mass is 492 g/mol. The van der Waals surface area contributed by atoms with Gasteiger partial charge in [0.25, 0.3) is 11.8 Å². The summed E-state index contributed by atoms with van der Waals surface area (Å²) in [7, 11) is 1.65. The Morgan fingerprint density at radius 2 is 1.92 bits per heavy atom. The maximum atomic E-state index is 13.6. The summed E-state index contributed by atoms with van der Waals surface area (Å²) in [6, 6.07) is 10.3. The van der Waals surface area contributed by atoms with Crippen molar-refractivity contribution in [3.05, 3.63) is 78.0 Å². The summed E-state index contributed by atoms with van der Waals surface area (Å²) in [5, 5.41) is 9.84. The molecule has 1 aliphatic rings. The summed E-state index contributed by atoms with van der Waals surface area (Å²) in [5.74, 6) is -0.974. The molecular weight excluding hydrogens is 463 g/mol. The van der Waals surface area contributed by atoms with Crippen molar-refractivity contribution in [2.75, 3.05) is 26.7 Å². The average molecular weight is 493 g/mol. The molecule has 0 unspecified atom stereocenters. The molecule has 3 heterocycles. The topological polar surface area (TPSA) is 95.9 Å². The predicted molar refractivity (Wildman–Crippen MR) is 132 cm³/mol. The van der Waals surface area contributed by atoms with E-state index < -0.39 is 18.0 Å². The molecule has 3 aromatic rings. The third-order valence-electron chi connectivity index (χ3n) is 6.43. The van der Waals surface area contributed by atoms with Crippen LogP contribution in [0.25, 0.3) is 11.1 Å². The van der Waals surface area contributed by atoms with Crippen LogP contribution < -0.4 is 4.74 Å². The molecule has 0 aliphatic carbocycles. The first-order valence-corrected chi connectivity index (χ1v) is 11.8. The predicted octanol–water partition coefficient (Wildman–Crippen LogP) is 3.28. The number of ether oxygens (including phenoxy) is 1. The number of fused-ring (bicyclic) bond motifs is 1. The Morgan fingerprint density at radius 1 is 1.22 bits per heavy atom. The van der Waals surface area contributed by atoms with Crippen LogP contribution in [-0.2, 0) is 0 Å². The van der Waals surface area contributed by atoms with Crippen LogP contribution in [0.5, 0.6) is 5.88 Å². The highest BCUT2D eigenvalue weighted by Gasteiger charge is 2.35. The van der Waals surface area contributed by atoms with Gasteiger partial charge in [-0.2, -0.15) is 0 Å². The third-order valence-corrected chi connectivity index (χ3v) is 6.43. The molecule has 2 aromatic heterocycles. The van der Waals surface area contributed by atoms with E-state index in [4.69, 9.17) is 4.74 Å². The van der Waals surface area contributed by atoms with Gasteiger partial charge in [-0.1, -0.05) is 6.92 Å². The molecular formula is C27H29FN4O4. The van der Waals surface area contributed by atoms with Gasteiger partial charge in [0.15, 0.2) is 0 Å². The summed E-state index contributed by atoms with van der Waals surface area (Å²) in [6.07, 6.45) is 4.48. The smallest absolute Gasteiger partial charge is 0.259 e. The number of aromatic nitrogens is 2. The maximum Gasteiger partial charge on any atom is 0.259 e. The van der Waals surface area contributed by atoms with Gasteiger partial charge in [0, 0.05) is 49.2 Å². The summed E-state index contributed by atoms with van der Waals surface area (Å²) >= 11 is 0. The van der Waals surface area contributed by atoms with Crippen molar-refractivity contribution in [1.29, 1.82) is 0 Å². The second-order valence-electron chi connectivity index (χ2n) is 9.13. The molecule has 0 spiro atoms. The van der Waals surface area contributed by atoms with E-state index in [9.17, 15) is 19.1 Å². The number of halogens is 1. The van der Waals surface area contributed by atoms with E-state index in [1.54, 1.807) is 43.5 Å². The van der Waals surface area contributed by atoms with Gasteiger partial charge in [-0.25, -0.2) is 9.37 Å². The number of aliphatic hydroxyl groups excluding tert-OH is 1. The van der Waals surface area contributed by atoms with Gasteiger partial charge in [0.1, 0.15) is 17.5 Å². The molecule has 1 aromatic carbocycles. The zero-order chi connectivity index (χ0) is 25.8. The Hall–Kier alpha value is -3.85. The van der Waals surface area contributed by atoms with Crippen LogP contribution in [0.15, 0.2) is 61.1 Å². The number of rotatable bonds is 6. The molecule has 0 fully saturated rings. The molecule has 4 rings (SSSR count). The molecule has 188 valence electrons. The number of nitrogens with zero attached hydrogens (tertiary/aromatic N) is 4. The maximum absolute atomic E-state index is 13.6. The van der Waals surface area contributed by atoms with Crippen molar-refractivity contribution in [2.45, 2.75) is 26.0 Å². The van der Waals surface area contributed by atoms with Crippen molar-refractivity contribution in [3.63, 3.8) is 0 Å². The molecule has 1 aliphatic heterocycles. The lowest BCUT2D eigenvalue weighted by molar-refractivity contribution is 0.0313. The highest BCUT2D eigenvalue weighted by molar-refractivity contribution is 5.98. The molecule has 2 amide bonds. The second-order valence-corrected chi connectivity index (χ2v) is 9.13. The number of carbonyl (C=O) groups is 2. The van der Waals surface area contributed by atoms with Crippen molar-refractivity contribution in [3.8, 4) is 17.0 Å². The number of carbonyl (C=O) groups excluding carboxylic acids is 2. The van der Waals surface area contributed by atoms with Crippen LogP contribution in [-0.4, -0.2) is 75.6 Å². The summed E-state index contributed by atoms with van der Waals surface area (Å²) in [6.45, 7) is 4.07. The third kappa shape index (κ3) is 5.36. The van der Waals surface area contributed by atoms with Gasteiger partial charge >= 0.3 is 0 Å². The molecule has 0 bridgehead atoms. The first-order chi connectivity index (χ1) is 17.3. The van der Waals surface area contributed by atoms with Gasteiger partial charge in [0.05, 0.1) is 19.2 Å². The van der Waals surface area contributed by atoms with Crippen LogP contribution in [0.1, 0.15) is 34.6 Å². The molecule has 1 N–H and O–H groups in total. The minimum absolute atomic E-state index is 0.173. The van der Waals surface area contributed by atoms with Gasteiger partial charge in [-0.05, 0) is 55.0 Å². The number of amides is 2. The lowest BCUT2D eigenvalue weighted by Crippen LogP contribution is -2.50. The number of hydrogen-bond acceptors (Lipinski definition) is 6. The van der Waals surface area contributed by atoms with Gasteiger partial charge in [0.2, 0.25) is 5.88 Å². The lowest BCUT2D eigenvalue weighted by Gasteiger charge is -2.37. The fourth-order valence-electron chi connectivity index (χ4n) is 4.19. The van der Waals surface area contributed by atoms with Crippen molar-refractivity contribution in [1.82, 2.24) is 19.8 Å². The summed E-state index contributed by atoms with van der Waals surface area (Å²) < 4.78 is 19.6. The SMILES string of the molecule is C[C@@H]1CN([C@H](C)CO)C(=O)c2cc(-c3ccncc3)cnc2O[C@@H]1CN(C)C(=O)c1ccc(F)cc1. The number of likely N-dealkylation sites (N-methyl/N-ethyl adjacent to an activating group) is 1. The first kappa shape index (κ1) is 25.2. The van der Waals surface area contributed by atoms with Gasteiger partial charge in [-0.15, -0.1) is 0 Å². The lowest BCUT2D eigenvalue weighted by atomic mass is 9.99. The Bertz CT molecular complexity index is 1220. The number of pyridine rings is 2. The van der Waals surface area contributed by atoms with Crippen LogP contribution in [0, 0.1) is 11.7 Å². The zero-order valence-electron chi connectivity index (χ0n) is 20.5. The first-order valence-electron chi connectivity index (χ1n) is 11.8. The Morgan fingerprint density at radius 3 is 2.58 bits per heavy atom. The van der Waals surface area contributed by atoms with Gasteiger partial charge < -0.3 is 19.6 Å². The largest absolute Gasteiger partial charge is 0.472 e. The van der Waals surface area contributed by atoms with E-state index in [0.29, 0.717) is 12.1 Å². The normalized spacial score (nSPS) is 18.5. The molecule has 36 heavy (non-hydrogen) atoms. The quantitative estimate of drug-likeness (QED) is 0.568. The standard InChI is InChI=1S/C27H29FN4O4/c1-17-14-32(18(2)16-33)27(35)23-12-21(19-8-10-29-11-9-19)13-30-25(23)36-24(17)15-31(3)26(34)20-4-6-22(28)7-5-20/h4-13,17-18,24,33H,14-16H2,1-3H3/t17-,18-,24-/m1/s1. The number of benzene rings is 1. The van der Waals surface area contributed by atoms with Gasteiger partial charge in [-0.3, -0.25) is 14.6 Å². The number of hydrogen-bond donors (Lipinski definition) is 1. The molecule has 0 saturated heterocycles. The van der Waals surface area contributed by atoms with Crippen LogP contribution >= 0.6 is 0 Å². The minimum Gasteiger partial charge on any atom is -0.472 e. The summed E-state index contributed by atoms with van der Waals surface area (Å²) in [5.41, 5.74) is 2.24. The average Bonchev–Trinajstić information content (AvgIpc) is 2.90. The Kier molecular flexibility index (Phi) is 7.59. The molecule has 0 radical (unpaired) electrons. The fraction of sp³-hybridized carbons (Fsp3) is 0.333. The molecule has 3 atom stereocenters. The zero-order valence-corrected chi connectivity index (χ0v) is 20.5. The highest BCUT2D eigenvalue weighted by atomic mass is 19.1. The van der Waals surface area contributed by atoms with E-state index in [1.807, 2.05) is 19.1 Å². The van der Waals surface area contributed by atoms with E-state index >= 15 is 0 Å². The highest BCUT2D eigenvalue weighted by Crippen LogP contribution is 2.30. The molecule has 9 heteroatoms.